The summed E-state index contributed by atoms with van der Waals surface area (Å²) in [6.45, 7) is 2.97. The molecule has 1 spiro atoms. The lowest BCUT2D eigenvalue weighted by atomic mass is 10.00. The fraction of sp³-hybridized carbons (Fsp3) is 0.364. The summed E-state index contributed by atoms with van der Waals surface area (Å²) in [4.78, 5) is 27.3. The lowest BCUT2D eigenvalue weighted by molar-refractivity contribution is -0.116. The Hall–Kier alpha value is -2.87. The highest BCUT2D eigenvalue weighted by Crippen LogP contribution is 2.42. The highest BCUT2D eigenvalue weighted by molar-refractivity contribution is 7.94. The van der Waals surface area contributed by atoms with Gasteiger partial charge in [0.1, 0.15) is 11.5 Å². The molecular weight excluding hydrogens is 404 g/mol. The molecule has 2 aromatic rings. The predicted octanol–water partition coefficient (Wildman–Crippen LogP) is 2.48. The van der Waals surface area contributed by atoms with Gasteiger partial charge in [0.05, 0.1) is 6.61 Å². The van der Waals surface area contributed by atoms with Crippen molar-refractivity contribution in [1.82, 2.24) is 4.90 Å². The first kappa shape index (κ1) is 20.4. The molecule has 8 heteroatoms. The van der Waals surface area contributed by atoms with E-state index in [1.807, 2.05) is 13.0 Å². The predicted molar refractivity (Wildman–Crippen MR) is 113 cm³/mol. The molecule has 0 N–H and O–H groups in total. The Kier molecular flexibility index (Phi) is 5.27. The monoisotopic (exact) mass is 428 g/mol. The van der Waals surface area contributed by atoms with Gasteiger partial charge < -0.3 is 9.64 Å². The third-order valence-corrected chi connectivity index (χ3v) is 8.18. The fourth-order valence-corrected chi connectivity index (χ4v) is 6.33. The summed E-state index contributed by atoms with van der Waals surface area (Å²) in [6, 6.07) is 15.8. The molecule has 0 saturated carbocycles. The number of amides is 2. The maximum atomic E-state index is 13.0. The van der Waals surface area contributed by atoms with Crippen LogP contribution in [0.5, 0.6) is 5.75 Å². The maximum Gasteiger partial charge on any atom is 0.253 e. The number of benzene rings is 2. The van der Waals surface area contributed by atoms with Gasteiger partial charge in [0.25, 0.3) is 5.91 Å². The normalized spacial score (nSPS) is 19.8. The molecule has 4 rings (SSSR count). The van der Waals surface area contributed by atoms with Crippen LogP contribution in [0.1, 0.15) is 30.1 Å². The molecule has 2 aromatic carbocycles. The summed E-state index contributed by atoms with van der Waals surface area (Å²) >= 11 is 0. The number of likely N-dealkylation sites (tertiary alicyclic amines) is 1. The third kappa shape index (κ3) is 3.35. The van der Waals surface area contributed by atoms with E-state index in [1.54, 1.807) is 53.4 Å². The molecule has 30 heavy (non-hydrogen) atoms. The summed E-state index contributed by atoms with van der Waals surface area (Å²) in [5.74, 6) is -0.358. The molecule has 2 fully saturated rings. The van der Waals surface area contributed by atoms with Crippen molar-refractivity contribution >= 4 is 27.3 Å². The lowest BCUT2D eigenvalue weighted by Gasteiger charge is -2.43. The standard InChI is InChI=1S/C22H24N2O5S/c1-2-29-19-10-8-17(9-11-19)21(26)23-14-12-22(13-15-23)24(18-6-4-3-5-7-18)20(25)16-30(22,27)28/h3-11H,2,12-16H2,1H3. The quantitative estimate of drug-likeness (QED) is 0.747. The summed E-state index contributed by atoms with van der Waals surface area (Å²) < 4.78 is 31.4. The summed E-state index contributed by atoms with van der Waals surface area (Å²) in [5.41, 5.74) is 1.11. The number of carbonyl (C=O) groups excluding carboxylic acids is 2. The molecule has 0 aliphatic carbocycles. The highest BCUT2D eigenvalue weighted by Gasteiger charge is 2.59. The van der Waals surface area contributed by atoms with Gasteiger partial charge in [-0.05, 0) is 43.3 Å². The molecule has 2 heterocycles. The molecular formula is C22H24N2O5S. The van der Waals surface area contributed by atoms with E-state index >= 15 is 0 Å². The number of ether oxygens (including phenoxy) is 1. The van der Waals surface area contributed by atoms with Crippen LogP contribution in [0, 0.1) is 0 Å². The Balaban J connectivity index is 1.55. The molecule has 2 saturated heterocycles. The molecule has 0 unspecified atom stereocenters. The van der Waals surface area contributed by atoms with Crippen molar-refractivity contribution in [3.05, 3.63) is 60.2 Å². The van der Waals surface area contributed by atoms with Gasteiger partial charge in [-0.15, -0.1) is 0 Å². The Labute approximate surface area is 176 Å². The van der Waals surface area contributed by atoms with Gasteiger partial charge in [0, 0.05) is 37.2 Å². The maximum absolute atomic E-state index is 13.0. The first-order valence-electron chi connectivity index (χ1n) is 10.0. The number of rotatable bonds is 4. The topological polar surface area (TPSA) is 84.0 Å². The Morgan fingerprint density at radius 1 is 1.03 bits per heavy atom. The van der Waals surface area contributed by atoms with Gasteiger partial charge in [-0.25, -0.2) is 8.42 Å². The van der Waals surface area contributed by atoms with Gasteiger partial charge in [0.15, 0.2) is 14.7 Å². The van der Waals surface area contributed by atoms with Gasteiger partial charge in [-0.2, -0.15) is 0 Å². The zero-order valence-corrected chi connectivity index (χ0v) is 17.6. The van der Waals surface area contributed by atoms with Crippen LogP contribution in [0.25, 0.3) is 0 Å². The summed E-state index contributed by atoms with van der Waals surface area (Å²) in [7, 11) is -3.66. The third-order valence-electron chi connectivity index (χ3n) is 5.81. The first-order valence-corrected chi connectivity index (χ1v) is 11.7. The van der Waals surface area contributed by atoms with Gasteiger partial charge in [-0.1, -0.05) is 18.2 Å². The van der Waals surface area contributed by atoms with Crippen molar-refractivity contribution in [2.45, 2.75) is 24.6 Å². The highest BCUT2D eigenvalue weighted by atomic mass is 32.2. The van der Waals surface area contributed by atoms with E-state index in [4.69, 9.17) is 4.74 Å². The van der Waals surface area contributed by atoms with E-state index in [2.05, 4.69) is 0 Å². The Morgan fingerprint density at radius 3 is 2.27 bits per heavy atom. The van der Waals surface area contributed by atoms with Crippen molar-refractivity contribution < 1.29 is 22.7 Å². The Morgan fingerprint density at radius 2 is 1.67 bits per heavy atom. The van der Waals surface area contributed by atoms with Crippen LogP contribution in [-0.4, -0.2) is 55.5 Å². The molecule has 2 aliphatic rings. The molecule has 2 amide bonds. The average Bonchev–Trinajstić information content (AvgIpc) is 2.94. The van der Waals surface area contributed by atoms with Gasteiger partial charge >= 0.3 is 0 Å². The van der Waals surface area contributed by atoms with Crippen molar-refractivity contribution in [2.24, 2.45) is 0 Å². The number of carbonyl (C=O) groups is 2. The van der Waals surface area contributed by atoms with Crippen molar-refractivity contribution in [2.75, 3.05) is 30.3 Å². The Bertz CT molecular complexity index is 1040. The number of hydrogen-bond donors (Lipinski definition) is 0. The van der Waals surface area contributed by atoms with Crippen LogP contribution in [-0.2, 0) is 14.6 Å². The van der Waals surface area contributed by atoms with E-state index in [1.165, 1.54) is 4.90 Å². The molecule has 0 aromatic heterocycles. The summed E-state index contributed by atoms with van der Waals surface area (Å²) in [5, 5.41) is 0. The zero-order chi connectivity index (χ0) is 21.4. The van der Waals surface area contributed by atoms with Crippen LogP contribution in [0.3, 0.4) is 0 Å². The number of hydrogen-bond acceptors (Lipinski definition) is 5. The van der Waals surface area contributed by atoms with Gasteiger partial charge in [-0.3, -0.25) is 14.5 Å². The van der Waals surface area contributed by atoms with Crippen LogP contribution >= 0.6 is 0 Å². The second-order valence-electron chi connectivity index (χ2n) is 7.52. The van der Waals surface area contributed by atoms with E-state index in [0.717, 1.165) is 0 Å². The molecule has 7 nitrogen and oxygen atoms in total. The van der Waals surface area contributed by atoms with Crippen LogP contribution in [0.15, 0.2) is 54.6 Å². The first-order chi connectivity index (χ1) is 14.4. The van der Waals surface area contributed by atoms with Crippen LogP contribution in [0.4, 0.5) is 5.69 Å². The minimum Gasteiger partial charge on any atom is -0.494 e. The molecule has 158 valence electrons. The van der Waals surface area contributed by atoms with Crippen molar-refractivity contribution in [3.8, 4) is 5.75 Å². The van der Waals surface area contributed by atoms with Crippen molar-refractivity contribution in [3.63, 3.8) is 0 Å². The van der Waals surface area contributed by atoms with Crippen molar-refractivity contribution in [1.29, 1.82) is 0 Å². The second kappa shape index (κ2) is 7.75. The molecule has 2 aliphatic heterocycles. The largest absolute Gasteiger partial charge is 0.494 e. The molecule has 0 radical (unpaired) electrons. The number of nitrogens with zero attached hydrogens (tertiary/aromatic N) is 2. The number of para-hydroxylation sites is 1. The average molecular weight is 429 g/mol. The minimum absolute atomic E-state index is 0.152. The molecule has 0 atom stereocenters. The van der Waals surface area contributed by atoms with Crippen LogP contribution < -0.4 is 9.64 Å². The fourth-order valence-electron chi connectivity index (χ4n) is 4.32. The lowest BCUT2D eigenvalue weighted by Crippen LogP contribution is -2.57. The summed E-state index contributed by atoms with van der Waals surface area (Å²) in [6.07, 6.45) is 0.386. The second-order valence-corrected chi connectivity index (χ2v) is 9.80. The number of sulfone groups is 1. The van der Waals surface area contributed by atoms with E-state index < -0.39 is 26.4 Å². The SMILES string of the molecule is CCOc1ccc(C(=O)N2CCC3(CC2)N(c2ccccc2)C(=O)CS3(=O)=O)cc1. The zero-order valence-electron chi connectivity index (χ0n) is 16.8. The van der Waals surface area contributed by atoms with Crippen LogP contribution in [0.2, 0.25) is 0 Å². The van der Waals surface area contributed by atoms with E-state index in [-0.39, 0.29) is 31.8 Å². The number of anilines is 1. The van der Waals surface area contributed by atoms with E-state index in [0.29, 0.717) is 23.6 Å². The molecule has 0 bridgehead atoms. The van der Waals surface area contributed by atoms with Gasteiger partial charge in [0.2, 0.25) is 5.91 Å². The van der Waals surface area contributed by atoms with E-state index in [9.17, 15) is 18.0 Å². The minimum atomic E-state index is -3.66. The smallest absolute Gasteiger partial charge is 0.253 e. The number of piperidine rings is 1.